The third-order valence-corrected chi connectivity index (χ3v) is 11.5. The molecule has 6 unspecified atom stereocenters. The van der Waals surface area contributed by atoms with Crippen molar-refractivity contribution in [2.45, 2.75) is 98.0 Å². The Labute approximate surface area is 300 Å². The molecular formula is C35H40O18. The summed E-state index contributed by atoms with van der Waals surface area (Å²) >= 11 is 0. The van der Waals surface area contributed by atoms with Crippen molar-refractivity contribution in [1.29, 1.82) is 0 Å². The van der Waals surface area contributed by atoms with Crippen molar-refractivity contribution in [3.05, 3.63) is 65.7 Å². The summed E-state index contributed by atoms with van der Waals surface area (Å²) in [5.41, 5.74) is -2.31. The summed E-state index contributed by atoms with van der Waals surface area (Å²) < 4.78 is 47.2. The highest BCUT2D eigenvalue weighted by molar-refractivity contribution is 5.90. The number of benzene rings is 2. The highest BCUT2D eigenvalue weighted by Crippen LogP contribution is 2.78. The van der Waals surface area contributed by atoms with Crippen molar-refractivity contribution in [2.75, 3.05) is 19.8 Å². The Balaban J connectivity index is 1.05. The van der Waals surface area contributed by atoms with E-state index in [4.69, 9.17) is 37.9 Å². The summed E-state index contributed by atoms with van der Waals surface area (Å²) in [5.74, 6) is -3.77. The number of carbonyl (C=O) groups excluding carboxylic acids is 2. The second kappa shape index (κ2) is 13.4. The van der Waals surface area contributed by atoms with Crippen molar-refractivity contribution >= 4 is 11.9 Å². The van der Waals surface area contributed by atoms with E-state index in [9.17, 15) is 50.4 Å². The van der Waals surface area contributed by atoms with Gasteiger partial charge in [-0.3, -0.25) is 0 Å². The Morgan fingerprint density at radius 1 is 0.755 bits per heavy atom. The molecule has 2 aromatic rings. The number of ether oxygens (including phenoxy) is 8. The van der Waals surface area contributed by atoms with E-state index in [1.54, 1.807) is 18.2 Å². The quantitative estimate of drug-likeness (QED) is 0.112. The molecule has 8 aliphatic rings. The van der Waals surface area contributed by atoms with E-state index >= 15 is 0 Å². The number of esters is 2. The molecule has 0 aromatic heterocycles. The van der Waals surface area contributed by atoms with Crippen molar-refractivity contribution in [3.63, 3.8) is 0 Å². The molecule has 3 aliphatic carbocycles. The summed E-state index contributed by atoms with van der Waals surface area (Å²) in [6.45, 7) is -1.69. The van der Waals surface area contributed by atoms with E-state index in [1.165, 1.54) is 36.4 Å². The second-order valence-corrected chi connectivity index (χ2v) is 14.3. The lowest BCUT2D eigenvalue weighted by Crippen LogP contribution is -2.77. The number of phenols is 1. The van der Waals surface area contributed by atoms with Gasteiger partial charge in [-0.05, 0) is 42.8 Å². The fourth-order valence-electron chi connectivity index (χ4n) is 8.70. The topological polar surface area (TPSA) is 270 Å². The molecule has 16 atom stereocenters. The molecule has 0 amide bonds. The van der Waals surface area contributed by atoms with Gasteiger partial charge in [0.25, 0.3) is 0 Å². The minimum atomic E-state index is -1.88. The minimum Gasteiger partial charge on any atom is -0.508 e. The van der Waals surface area contributed by atoms with Crippen LogP contribution in [-0.4, -0.2) is 158 Å². The van der Waals surface area contributed by atoms with Crippen LogP contribution in [0, 0.1) is 11.3 Å². The van der Waals surface area contributed by atoms with Crippen LogP contribution in [-0.2, 0) is 37.9 Å². The van der Waals surface area contributed by atoms with Gasteiger partial charge in [-0.15, -0.1) is 0 Å². The first-order chi connectivity index (χ1) is 25.3. The Kier molecular flexibility index (Phi) is 9.29. The van der Waals surface area contributed by atoms with Gasteiger partial charge < -0.3 is 78.7 Å². The van der Waals surface area contributed by atoms with E-state index in [-0.39, 0.29) is 36.3 Å². The normalized spacial score (nSPS) is 45.1. The SMILES string of the molecule is O=C(OC[C@H]1O[C@@H](OC23CC4C5(O)CC2OC(O5)C43COC(=O)c2ccc(O)cc2)[C@H](O)[C@@H](O)[C@@H]1O[C@@H]1O[C@H](CO)[C@@H](O)[C@H](O)[C@H]1O)c1ccccc1. The molecule has 0 spiro atoms. The van der Waals surface area contributed by atoms with Crippen LogP contribution in [0.15, 0.2) is 54.6 Å². The van der Waals surface area contributed by atoms with Crippen molar-refractivity contribution < 1.29 is 88.3 Å². The van der Waals surface area contributed by atoms with Crippen LogP contribution in [0.1, 0.15) is 33.6 Å². The molecule has 288 valence electrons. The number of rotatable bonds is 11. The third-order valence-electron chi connectivity index (χ3n) is 11.5. The van der Waals surface area contributed by atoms with Crippen molar-refractivity contribution in [1.82, 2.24) is 0 Å². The number of aromatic hydroxyl groups is 1. The summed E-state index contributed by atoms with van der Waals surface area (Å²) in [5, 5.41) is 84.9. The van der Waals surface area contributed by atoms with E-state index in [0.717, 1.165) is 0 Å². The average Bonchev–Trinajstić information content (AvgIpc) is 3.37. The molecule has 2 aromatic carbocycles. The van der Waals surface area contributed by atoms with Crippen LogP contribution < -0.4 is 0 Å². The maximum atomic E-state index is 13.0. The lowest BCUT2D eigenvalue weighted by atomic mass is 9.44. The number of aliphatic hydroxyl groups excluding tert-OH is 6. The van der Waals surface area contributed by atoms with E-state index in [1.807, 2.05) is 0 Å². The highest BCUT2D eigenvalue weighted by atomic mass is 16.8. The minimum absolute atomic E-state index is 0.0197. The van der Waals surface area contributed by atoms with Crippen LogP contribution in [0.2, 0.25) is 0 Å². The van der Waals surface area contributed by atoms with Crippen molar-refractivity contribution in [2.24, 2.45) is 11.3 Å². The summed E-state index contributed by atoms with van der Waals surface area (Å²) in [6, 6.07) is 13.4. The highest BCUT2D eigenvalue weighted by Gasteiger charge is 2.91. The molecule has 3 saturated carbocycles. The number of hydrogen-bond acceptors (Lipinski definition) is 18. The van der Waals surface area contributed by atoms with Crippen LogP contribution in [0.5, 0.6) is 5.75 Å². The maximum absolute atomic E-state index is 13.0. The van der Waals surface area contributed by atoms with Gasteiger partial charge in [0.2, 0.25) is 0 Å². The smallest absolute Gasteiger partial charge is 0.338 e. The molecule has 5 aliphatic heterocycles. The predicted molar refractivity (Wildman–Crippen MR) is 168 cm³/mol. The Hall–Kier alpha value is -3.34. The molecule has 18 heteroatoms. The molecule has 53 heavy (non-hydrogen) atoms. The first-order valence-corrected chi connectivity index (χ1v) is 17.2. The Morgan fingerprint density at radius 2 is 1.42 bits per heavy atom. The molecule has 8 fully saturated rings. The zero-order valence-corrected chi connectivity index (χ0v) is 27.9. The van der Waals surface area contributed by atoms with Gasteiger partial charge in [-0.25, -0.2) is 9.59 Å². The molecule has 10 rings (SSSR count). The fourth-order valence-corrected chi connectivity index (χ4v) is 8.70. The standard InChI is InChI=1S/C35H40O18/c36-12-18-22(38)23(39)25(41)30(48-18)51-27-19(13-46-28(43)15-4-2-1-3-5-15)49-31(26(42)24(27)40)52-34-10-20-33(34,32-50-21(34)11-35(20,45)53-32)14-47-29(44)16-6-8-17(37)9-7-16/h1-9,18-27,30-32,36-42,45H,10-14H2/t18-,19-,20?,21?,22-,23+,24-,25-,26-,27-,30+,31+,32?,33?,34?,35?/m1/s1. The van der Waals surface area contributed by atoms with Crippen LogP contribution in [0.4, 0.5) is 0 Å². The molecular weight excluding hydrogens is 708 g/mol. The lowest BCUT2D eigenvalue weighted by Gasteiger charge is -2.64. The molecule has 5 saturated heterocycles. The number of aliphatic hydroxyl groups is 7. The fraction of sp³-hybridized carbons (Fsp3) is 0.600. The largest absolute Gasteiger partial charge is 0.508 e. The Morgan fingerprint density at radius 3 is 2.13 bits per heavy atom. The Bertz CT molecular complexity index is 1680. The molecule has 6 bridgehead atoms. The van der Waals surface area contributed by atoms with Gasteiger partial charge >= 0.3 is 11.9 Å². The van der Waals surface area contributed by atoms with Gasteiger partial charge in [0.15, 0.2) is 24.7 Å². The maximum Gasteiger partial charge on any atom is 0.338 e. The molecule has 5 heterocycles. The lowest BCUT2D eigenvalue weighted by molar-refractivity contribution is -0.411. The second-order valence-electron chi connectivity index (χ2n) is 14.3. The summed E-state index contributed by atoms with van der Waals surface area (Å²) in [7, 11) is 0. The van der Waals surface area contributed by atoms with E-state index in [2.05, 4.69) is 0 Å². The van der Waals surface area contributed by atoms with Crippen LogP contribution >= 0.6 is 0 Å². The monoisotopic (exact) mass is 748 g/mol. The van der Waals surface area contributed by atoms with E-state index < -0.39 is 122 Å². The number of hydrogen-bond donors (Lipinski definition) is 8. The molecule has 0 radical (unpaired) electrons. The number of phenolic OH excluding ortho intramolecular Hbond substituents is 1. The van der Waals surface area contributed by atoms with E-state index in [0.29, 0.717) is 0 Å². The van der Waals surface area contributed by atoms with Gasteiger partial charge in [-0.1, -0.05) is 18.2 Å². The van der Waals surface area contributed by atoms with Crippen LogP contribution in [0.25, 0.3) is 0 Å². The van der Waals surface area contributed by atoms with Crippen LogP contribution in [0.3, 0.4) is 0 Å². The zero-order valence-electron chi connectivity index (χ0n) is 27.9. The third kappa shape index (κ3) is 5.67. The average molecular weight is 749 g/mol. The van der Waals surface area contributed by atoms with Crippen molar-refractivity contribution in [3.8, 4) is 5.75 Å². The van der Waals surface area contributed by atoms with Gasteiger partial charge in [0.05, 0.1) is 29.3 Å². The number of carbonyl (C=O) groups is 2. The zero-order chi connectivity index (χ0) is 37.4. The molecule has 8 N–H and O–H groups in total. The summed E-state index contributed by atoms with van der Waals surface area (Å²) in [4.78, 5) is 26.0. The predicted octanol–water partition coefficient (Wildman–Crippen LogP) is -2.35. The van der Waals surface area contributed by atoms with Gasteiger partial charge in [0.1, 0.15) is 73.4 Å². The summed E-state index contributed by atoms with van der Waals surface area (Å²) in [6.07, 6.45) is -18.8. The van der Waals surface area contributed by atoms with Gasteiger partial charge in [-0.2, -0.15) is 0 Å². The molecule has 18 nitrogen and oxygen atoms in total. The van der Waals surface area contributed by atoms with Gasteiger partial charge in [0, 0.05) is 12.3 Å². The first-order valence-electron chi connectivity index (χ1n) is 17.2. The first kappa shape index (κ1) is 36.6.